The van der Waals surface area contributed by atoms with Gasteiger partial charge in [-0.05, 0) is 80.6 Å². The van der Waals surface area contributed by atoms with E-state index in [1.807, 2.05) is 0 Å². The molecule has 4 saturated carbocycles. The molecule has 0 aromatic carbocycles. The van der Waals surface area contributed by atoms with Crippen LogP contribution in [0.25, 0.3) is 0 Å². The van der Waals surface area contributed by atoms with Crippen LogP contribution in [0.5, 0.6) is 0 Å². The Labute approximate surface area is 113 Å². The Hall–Kier alpha value is -0.0400. The van der Waals surface area contributed by atoms with Gasteiger partial charge in [0.2, 0.25) is 0 Å². The van der Waals surface area contributed by atoms with Crippen molar-refractivity contribution in [3.05, 3.63) is 0 Å². The topological polar surface area (TPSA) is 12.0 Å². The van der Waals surface area contributed by atoms with Crippen LogP contribution in [0.15, 0.2) is 0 Å². The molecule has 0 spiro atoms. The predicted octanol–water partition coefficient (Wildman–Crippen LogP) is 4.23. The maximum atomic E-state index is 3.71. The fourth-order valence-electron chi connectivity index (χ4n) is 6.35. The summed E-state index contributed by atoms with van der Waals surface area (Å²) in [4.78, 5) is 0. The van der Waals surface area contributed by atoms with Crippen molar-refractivity contribution < 1.29 is 0 Å². The summed E-state index contributed by atoms with van der Waals surface area (Å²) in [6.45, 7) is 7.35. The van der Waals surface area contributed by atoms with Gasteiger partial charge in [0.05, 0.1) is 0 Å². The summed E-state index contributed by atoms with van der Waals surface area (Å²) in [7, 11) is 2.20. The average Bonchev–Trinajstić information content (AvgIpc) is 2.21. The second-order valence-electron chi connectivity index (χ2n) is 8.60. The molecule has 4 bridgehead atoms. The molecular formula is C17H31N. The van der Waals surface area contributed by atoms with Crippen molar-refractivity contribution in [2.24, 2.45) is 28.6 Å². The lowest BCUT2D eigenvalue weighted by atomic mass is 9.43. The summed E-state index contributed by atoms with van der Waals surface area (Å²) >= 11 is 0. The van der Waals surface area contributed by atoms with Gasteiger partial charge in [0.15, 0.2) is 0 Å². The Morgan fingerprint density at radius 2 is 1.72 bits per heavy atom. The Kier molecular flexibility index (Phi) is 3.05. The van der Waals surface area contributed by atoms with E-state index >= 15 is 0 Å². The minimum Gasteiger partial charge on any atom is -0.316 e. The van der Waals surface area contributed by atoms with Crippen molar-refractivity contribution in [1.82, 2.24) is 5.32 Å². The Balaban J connectivity index is 1.85. The average molecular weight is 249 g/mol. The van der Waals surface area contributed by atoms with E-state index in [0.29, 0.717) is 10.8 Å². The number of rotatable bonds is 4. The van der Waals surface area contributed by atoms with Crippen LogP contribution >= 0.6 is 0 Å². The van der Waals surface area contributed by atoms with Gasteiger partial charge in [-0.15, -0.1) is 0 Å². The minimum atomic E-state index is 0.651. The first kappa shape index (κ1) is 13.0. The minimum absolute atomic E-state index is 0.651. The van der Waals surface area contributed by atoms with E-state index in [4.69, 9.17) is 0 Å². The van der Waals surface area contributed by atoms with Crippen molar-refractivity contribution in [2.45, 2.75) is 71.8 Å². The zero-order valence-corrected chi connectivity index (χ0v) is 12.8. The van der Waals surface area contributed by atoms with Gasteiger partial charge in [-0.2, -0.15) is 0 Å². The van der Waals surface area contributed by atoms with Crippen LogP contribution in [0.2, 0.25) is 0 Å². The van der Waals surface area contributed by atoms with Gasteiger partial charge in [-0.1, -0.05) is 20.8 Å². The van der Waals surface area contributed by atoms with Crippen LogP contribution in [0.1, 0.15) is 65.7 Å². The van der Waals surface area contributed by atoms with Gasteiger partial charge < -0.3 is 5.32 Å². The highest BCUT2D eigenvalue weighted by atomic mass is 14.9. The molecule has 1 heteroatoms. The van der Waals surface area contributed by atoms with Crippen LogP contribution in [-0.4, -0.2) is 13.1 Å². The van der Waals surface area contributed by atoms with E-state index in [1.54, 1.807) is 6.42 Å². The molecule has 18 heavy (non-hydrogen) atoms. The maximum absolute atomic E-state index is 3.71. The summed E-state index contributed by atoms with van der Waals surface area (Å²) in [5.41, 5.74) is 1.34. The second kappa shape index (κ2) is 4.23. The molecule has 3 unspecified atom stereocenters. The molecular weight excluding hydrogens is 218 g/mol. The molecule has 0 aromatic rings. The van der Waals surface area contributed by atoms with E-state index in [9.17, 15) is 0 Å². The summed E-state index contributed by atoms with van der Waals surface area (Å²) in [6.07, 6.45) is 10.5. The lowest BCUT2D eigenvalue weighted by molar-refractivity contribution is -0.119. The van der Waals surface area contributed by atoms with Gasteiger partial charge in [0, 0.05) is 6.04 Å². The normalized spacial score (nSPS) is 47.8. The van der Waals surface area contributed by atoms with Gasteiger partial charge in [0.25, 0.3) is 0 Å². The van der Waals surface area contributed by atoms with Crippen LogP contribution in [0.3, 0.4) is 0 Å². The van der Waals surface area contributed by atoms with Crippen molar-refractivity contribution in [3.8, 4) is 0 Å². The molecule has 0 aliphatic heterocycles. The molecule has 0 aromatic heterocycles. The van der Waals surface area contributed by atoms with Gasteiger partial charge in [-0.25, -0.2) is 0 Å². The molecule has 0 radical (unpaired) electrons. The molecule has 3 atom stereocenters. The molecule has 4 fully saturated rings. The fraction of sp³-hybridized carbons (Fsp3) is 1.00. The lowest BCUT2D eigenvalue weighted by Crippen LogP contribution is -2.58. The SMILES string of the molecule is CNC(CC(C)C)C12CC3CC(CC(C)(C3)C1)C2. The van der Waals surface area contributed by atoms with Crippen LogP contribution in [0, 0.1) is 28.6 Å². The van der Waals surface area contributed by atoms with E-state index in [1.165, 1.54) is 38.5 Å². The Morgan fingerprint density at radius 3 is 2.17 bits per heavy atom. The number of hydrogen-bond donors (Lipinski definition) is 1. The van der Waals surface area contributed by atoms with E-state index < -0.39 is 0 Å². The monoisotopic (exact) mass is 249 g/mol. The number of hydrogen-bond acceptors (Lipinski definition) is 1. The molecule has 0 heterocycles. The van der Waals surface area contributed by atoms with Gasteiger partial charge >= 0.3 is 0 Å². The summed E-state index contributed by atoms with van der Waals surface area (Å²) in [5.74, 6) is 2.93. The largest absolute Gasteiger partial charge is 0.316 e. The Morgan fingerprint density at radius 1 is 1.11 bits per heavy atom. The Bertz CT molecular complexity index is 306. The first-order chi connectivity index (χ1) is 8.45. The third kappa shape index (κ3) is 2.03. The molecule has 4 aliphatic carbocycles. The zero-order valence-electron chi connectivity index (χ0n) is 12.8. The fourth-order valence-corrected chi connectivity index (χ4v) is 6.35. The zero-order chi connectivity index (χ0) is 13.0. The van der Waals surface area contributed by atoms with Crippen LogP contribution < -0.4 is 5.32 Å². The van der Waals surface area contributed by atoms with Gasteiger partial charge in [0.1, 0.15) is 0 Å². The smallest absolute Gasteiger partial charge is 0.0123 e. The van der Waals surface area contributed by atoms with E-state index in [-0.39, 0.29) is 0 Å². The van der Waals surface area contributed by atoms with Crippen LogP contribution in [-0.2, 0) is 0 Å². The number of nitrogens with one attached hydrogen (secondary N) is 1. The highest BCUT2D eigenvalue weighted by molar-refractivity contribution is 5.09. The molecule has 1 N–H and O–H groups in total. The lowest BCUT2D eigenvalue weighted by Gasteiger charge is -2.63. The molecule has 0 amide bonds. The van der Waals surface area contributed by atoms with Crippen molar-refractivity contribution in [2.75, 3.05) is 7.05 Å². The van der Waals surface area contributed by atoms with Crippen molar-refractivity contribution in [3.63, 3.8) is 0 Å². The third-order valence-electron chi connectivity index (χ3n) is 6.19. The first-order valence-electron chi connectivity index (χ1n) is 8.12. The summed E-state index contributed by atoms with van der Waals surface area (Å²) in [5, 5.41) is 3.71. The van der Waals surface area contributed by atoms with Crippen molar-refractivity contribution in [1.29, 1.82) is 0 Å². The molecule has 1 nitrogen and oxygen atoms in total. The van der Waals surface area contributed by atoms with Gasteiger partial charge in [-0.3, -0.25) is 0 Å². The van der Waals surface area contributed by atoms with Crippen molar-refractivity contribution >= 4 is 0 Å². The van der Waals surface area contributed by atoms with E-state index in [0.717, 1.165) is 23.8 Å². The highest BCUT2D eigenvalue weighted by Crippen LogP contribution is 2.66. The molecule has 4 aliphatic rings. The summed E-state index contributed by atoms with van der Waals surface area (Å²) in [6, 6.07) is 0.766. The maximum Gasteiger partial charge on any atom is 0.0123 e. The second-order valence-corrected chi connectivity index (χ2v) is 8.60. The standard InChI is InChI=1S/C17H31N/c1-12(2)5-15(18-4)17-9-13-6-14(10-17)8-16(3,7-13)11-17/h12-15,18H,5-11H2,1-4H3. The molecule has 104 valence electrons. The molecule has 4 rings (SSSR count). The predicted molar refractivity (Wildman–Crippen MR) is 77.5 cm³/mol. The quantitative estimate of drug-likeness (QED) is 0.786. The van der Waals surface area contributed by atoms with E-state index in [2.05, 4.69) is 33.1 Å². The van der Waals surface area contributed by atoms with Crippen LogP contribution in [0.4, 0.5) is 0 Å². The molecule has 0 saturated heterocycles. The first-order valence-corrected chi connectivity index (χ1v) is 8.12. The highest BCUT2D eigenvalue weighted by Gasteiger charge is 2.57. The third-order valence-corrected chi connectivity index (χ3v) is 6.19. The summed E-state index contributed by atoms with van der Waals surface area (Å²) < 4.78 is 0.